The second-order valence-corrected chi connectivity index (χ2v) is 6.96. The van der Waals surface area contributed by atoms with Crippen LogP contribution in [0.3, 0.4) is 0 Å². The van der Waals surface area contributed by atoms with Gasteiger partial charge in [-0.2, -0.15) is 0 Å². The Bertz CT molecular complexity index is 733. The molecule has 1 fully saturated rings. The molecule has 0 bridgehead atoms. The van der Waals surface area contributed by atoms with Crippen molar-refractivity contribution in [2.45, 2.75) is 25.1 Å². The summed E-state index contributed by atoms with van der Waals surface area (Å²) >= 11 is 6.25. The number of piperazine rings is 1. The molecule has 0 amide bonds. The summed E-state index contributed by atoms with van der Waals surface area (Å²) in [5, 5.41) is 10.5. The highest BCUT2D eigenvalue weighted by atomic mass is 35.5. The van der Waals surface area contributed by atoms with Gasteiger partial charge in [-0.05, 0) is 36.7 Å². The Morgan fingerprint density at radius 2 is 2.00 bits per heavy atom. The van der Waals surface area contributed by atoms with Crippen molar-refractivity contribution in [3.63, 3.8) is 0 Å². The second kappa shape index (κ2) is 5.82. The molecular formula is C19H21ClN2O. The van der Waals surface area contributed by atoms with E-state index in [-0.39, 0.29) is 6.61 Å². The van der Waals surface area contributed by atoms with Gasteiger partial charge in [-0.3, -0.25) is 4.90 Å². The van der Waals surface area contributed by atoms with Crippen LogP contribution >= 0.6 is 11.6 Å². The maximum absolute atomic E-state index is 9.75. The lowest BCUT2D eigenvalue weighted by molar-refractivity contribution is 0.186. The molecule has 0 spiro atoms. The molecule has 4 rings (SSSR count). The van der Waals surface area contributed by atoms with E-state index in [4.69, 9.17) is 11.6 Å². The zero-order chi connectivity index (χ0) is 16.0. The Morgan fingerprint density at radius 3 is 2.83 bits per heavy atom. The van der Waals surface area contributed by atoms with Gasteiger partial charge in [0.1, 0.15) is 0 Å². The minimum atomic E-state index is 0.0396. The quantitative estimate of drug-likeness (QED) is 0.916. The Balaban J connectivity index is 1.82. The lowest BCUT2D eigenvalue weighted by Crippen LogP contribution is -2.52. The topological polar surface area (TPSA) is 26.7 Å². The highest BCUT2D eigenvalue weighted by Gasteiger charge is 2.42. The van der Waals surface area contributed by atoms with Gasteiger partial charge in [-0.25, -0.2) is 0 Å². The van der Waals surface area contributed by atoms with Crippen LogP contribution in [0.4, 0.5) is 5.69 Å². The Kier molecular flexibility index (Phi) is 3.80. The van der Waals surface area contributed by atoms with Crippen molar-refractivity contribution < 1.29 is 5.11 Å². The third-order valence-electron chi connectivity index (χ3n) is 5.29. The largest absolute Gasteiger partial charge is 0.392 e. The summed E-state index contributed by atoms with van der Waals surface area (Å²) in [6.45, 7) is 2.00. The van der Waals surface area contributed by atoms with Crippen molar-refractivity contribution in [2.75, 3.05) is 25.0 Å². The zero-order valence-electron chi connectivity index (χ0n) is 13.2. The molecule has 1 saturated heterocycles. The number of likely N-dealkylation sites (N-methyl/N-ethyl adjacent to an activating group) is 1. The molecule has 2 atom stereocenters. The summed E-state index contributed by atoms with van der Waals surface area (Å²) in [5.41, 5.74) is 4.86. The number of nitrogens with zero attached hydrogens (tertiary/aromatic N) is 2. The molecule has 1 aliphatic heterocycles. The number of anilines is 1. The first-order valence-corrected chi connectivity index (χ1v) is 8.51. The van der Waals surface area contributed by atoms with Gasteiger partial charge in [0, 0.05) is 35.4 Å². The molecule has 3 nitrogen and oxygen atoms in total. The molecule has 120 valence electrons. The molecule has 0 aromatic heterocycles. The van der Waals surface area contributed by atoms with Crippen LogP contribution in [0.1, 0.15) is 22.7 Å². The van der Waals surface area contributed by atoms with Crippen LogP contribution in [0, 0.1) is 0 Å². The van der Waals surface area contributed by atoms with Gasteiger partial charge < -0.3 is 10.0 Å². The molecule has 0 radical (unpaired) electrons. The summed E-state index contributed by atoms with van der Waals surface area (Å²) in [4.78, 5) is 4.90. The molecule has 1 heterocycles. The van der Waals surface area contributed by atoms with Gasteiger partial charge in [0.2, 0.25) is 0 Å². The van der Waals surface area contributed by atoms with Crippen molar-refractivity contribution in [1.82, 2.24) is 4.90 Å². The highest BCUT2D eigenvalue weighted by molar-refractivity contribution is 6.30. The van der Waals surface area contributed by atoms with E-state index in [1.165, 1.54) is 11.1 Å². The van der Waals surface area contributed by atoms with Crippen LogP contribution in [0.5, 0.6) is 0 Å². The van der Waals surface area contributed by atoms with Gasteiger partial charge in [0.15, 0.2) is 0 Å². The van der Waals surface area contributed by atoms with Crippen molar-refractivity contribution in [1.29, 1.82) is 0 Å². The van der Waals surface area contributed by atoms with Crippen LogP contribution in [-0.4, -0.2) is 36.2 Å². The average Bonchev–Trinajstić information content (AvgIpc) is 2.96. The summed E-state index contributed by atoms with van der Waals surface area (Å²) in [7, 11) is 2.21. The Hall–Kier alpha value is -1.55. The van der Waals surface area contributed by atoms with E-state index in [1.807, 2.05) is 18.2 Å². The van der Waals surface area contributed by atoms with Crippen LogP contribution in [0.15, 0.2) is 42.5 Å². The third kappa shape index (κ3) is 2.44. The number of hydrogen-bond donors (Lipinski definition) is 1. The fourth-order valence-electron chi connectivity index (χ4n) is 4.10. The van der Waals surface area contributed by atoms with Gasteiger partial charge in [-0.15, -0.1) is 0 Å². The normalized spacial score (nSPS) is 23.7. The monoisotopic (exact) mass is 328 g/mol. The van der Waals surface area contributed by atoms with Gasteiger partial charge in [0.05, 0.1) is 12.6 Å². The van der Waals surface area contributed by atoms with E-state index in [9.17, 15) is 5.11 Å². The number of fused-ring (bicyclic) bond motifs is 3. The number of aliphatic hydroxyl groups excluding tert-OH is 1. The van der Waals surface area contributed by atoms with Crippen molar-refractivity contribution in [2.24, 2.45) is 0 Å². The minimum Gasteiger partial charge on any atom is -0.392 e. The third-order valence-corrected chi connectivity index (χ3v) is 5.53. The van der Waals surface area contributed by atoms with E-state index < -0.39 is 0 Å². The molecule has 2 aromatic carbocycles. The maximum Gasteiger partial charge on any atom is 0.0704 e. The summed E-state index contributed by atoms with van der Waals surface area (Å²) in [6, 6.07) is 15.3. The summed E-state index contributed by atoms with van der Waals surface area (Å²) in [6.07, 6.45) is 1.09. The standard InChI is InChI=1S/C19H21ClN2O/c1-21-8-9-22(17-11-15(20)7-6-14(17)12-23)19-16-5-3-2-4-13(16)10-18(19)21/h2-7,11,18-19,23H,8-10,12H2,1H3/t18-,19-/m1/s1. The molecule has 4 heteroatoms. The second-order valence-electron chi connectivity index (χ2n) is 6.52. The van der Waals surface area contributed by atoms with Gasteiger partial charge >= 0.3 is 0 Å². The summed E-state index contributed by atoms with van der Waals surface area (Å²) in [5.74, 6) is 0. The predicted molar refractivity (Wildman–Crippen MR) is 94.0 cm³/mol. The Morgan fingerprint density at radius 1 is 1.17 bits per heavy atom. The van der Waals surface area contributed by atoms with E-state index in [0.717, 1.165) is 35.8 Å². The molecule has 2 aliphatic rings. The average molecular weight is 329 g/mol. The minimum absolute atomic E-state index is 0.0396. The van der Waals surface area contributed by atoms with E-state index >= 15 is 0 Å². The van der Waals surface area contributed by atoms with Crippen LogP contribution in [0.25, 0.3) is 0 Å². The highest BCUT2D eigenvalue weighted by Crippen LogP contribution is 2.43. The van der Waals surface area contributed by atoms with Crippen molar-refractivity contribution >= 4 is 17.3 Å². The van der Waals surface area contributed by atoms with Crippen LogP contribution < -0.4 is 4.90 Å². The van der Waals surface area contributed by atoms with Crippen molar-refractivity contribution in [3.8, 4) is 0 Å². The predicted octanol–water partition coefficient (Wildman–Crippen LogP) is 3.25. The number of hydrogen-bond acceptors (Lipinski definition) is 3. The Labute approximate surface area is 142 Å². The fraction of sp³-hybridized carbons (Fsp3) is 0.368. The molecule has 0 unspecified atom stereocenters. The molecule has 23 heavy (non-hydrogen) atoms. The smallest absolute Gasteiger partial charge is 0.0704 e. The fourth-order valence-corrected chi connectivity index (χ4v) is 4.27. The number of halogens is 1. The lowest BCUT2D eigenvalue weighted by Gasteiger charge is -2.45. The van der Waals surface area contributed by atoms with Crippen LogP contribution in [0.2, 0.25) is 5.02 Å². The molecular weight excluding hydrogens is 308 g/mol. The molecule has 2 aromatic rings. The number of rotatable bonds is 2. The first-order valence-electron chi connectivity index (χ1n) is 8.13. The van der Waals surface area contributed by atoms with E-state index in [1.54, 1.807) is 0 Å². The zero-order valence-corrected chi connectivity index (χ0v) is 14.0. The number of aliphatic hydroxyl groups is 1. The maximum atomic E-state index is 9.75. The van der Waals surface area contributed by atoms with E-state index in [2.05, 4.69) is 41.1 Å². The van der Waals surface area contributed by atoms with Crippen molar-refractivity contribution in [3.05, 3.63) is 64.2 Å². The van der Waals surface area contributed by atoms with Gasteiger partial charge in [0.25, 0.3) is 0 Å². The SMILES string of the molecule is CN1CCN(c2cc(Cl)ccc2CO)[C@@H]2c3ccccc3C[C@H]21. The molecule has 1 aliphatic carbocycles. The first kappa shape index (κ1) is 15.0. The summed E-state index contributed by atoms with van der Waals surface area (Å²) < 4.78 is 0. The van der Waals surface area contributed by atoms with E-state index in [0.29, 0.717) is 12.1 Å². The molecule has 1 N–H and O–H groups in total. The molecule has 0 saturated carbocycles. The van der Waals surface area contributed by atoms with Gasteiger partial charge in [-0.1, -0.05) is 41.9 Å². The van der Waals surface area contributed by atoms with Crippen LogP contribution in [-0.2, 0) is 13.0 Å². The lowest BCUT2D eigenvalue weighted by atomic mass is 9.99. The first-order chi connectivity index (χ1) is 11.2. The number of benzene rings is 2.